The minimum absolute atomic E-state index is 0.105. The zero-order valence-electron chi connectivity index (χ0n) is 12.9. The third-order valence-electron chi connectivity index (χ3n) is 2.90. The molecule has 0 fully saturated rings. The molecule has 0 aliphatic rings. The van der Waals surface area contributed by atoms with Gasteiger partial charge in [0.05, 0.1) is 6.10 Å². The molecule has 2 atom stereocenters. The van der Waals surface area contributed by atoms with Gasteiger partial charge in [-0.05, 0) is 30.8 Å². The van der Waals surface area contributed by atoms with Crippen LogP contribution in [0.1, 0.15) is 47.5 Å². The second-order valence-corrected chi connectivity index (χ2v) is 5.93. The molecule has 0 saturated heterocycles. The molecular formula is C15H30N2O2. The van der Waals surface area contributed by atoms with Crippen molar-refractivity contribution in [3.63, 3.8) is 0 Å². The van der Waals surface area contributed by atoms with E-state index in [1.165, 1.54) is 0 Å². The van der Waals surface area contributed by atoms with Gasteiger partial charge in [-0.25, -0.2) is 0 Å². The van der Waals surface area contributed by atoms with Gasteiger partial charge in [0.15, 0.2) is 0 Å². The fraction of sp³-hybridized carbons (Fsp3) is 0.800. The number of hydrogen-bond acceptors (Lipinski definition) is 3. The first kappa shape index (κ1) is 18.1. The Hall–Kier alpha value is -0.870. The number of carbonyl (C=O) groups is 1. The van der Waals surface area contributed by atoms with Crippen LogP contribution in [0.5, 0.6) is 0 Å². The maximum Gasteiger partial charge on any atom is 0.246 e. The summed E-state index contributed by atoms with van der Waals surface area (Å²) in [5.41, 5.74) is 6.52. The minimum atomic E-state index is -0.762. The van der Waals surface area contributed by atoms with Crippen molar-refractivity contribution in [2.45, 2.75) is 59.6 Å². The summed E-state index contributed by atoms with van der Waals surface area (Å²) in [4.78, 5) is 11.9. The van der Waals surface area contributed by atoms with E-state index in [1.807, 2.05) is 20.8 Å². The van der Waals surface area contributed by atoms with Crippen LogP contribution in [0.25, 0.3) is 0 Å². The summed E-state index contributed by atoms with van der Waals surface area (Å²) in [6.07, 6.45) is 2.17. The Morgan fingerprint density at radius 1 is 1.26 bits per heavy atom. The fourth-order valence-electron chi connectivity index (χ4n) is 1.78. The second kappa shape index (κ2) is 9.10. The first-order valence-corrected chi connectivity index (χ1v) is 7.20. The quantitative estimate of drug-likeness (QED) is 0.589. The van der Waals surface area contributed by atoms with Crippen LogP contribution in [0.2, 0.25) is 0 Å². The molecule has 19 heavy (non-hydrogen) atoms. The molecule has 0 aromatic heterocycles. The highest BCUT2D eigenvalue weighted by Gasteiger charge is 2.16. The van der Waals surface area contributed by atoms with Crippen molar-refractivity contribution in [3.05, 3.63) is 11.6 Å². The van der Waals surface area contributed by atoms with Gasteiger partial charge in [-0.2, -0.15) is 0 Å². The SMILES string of the molecule is CCC(=C[C@H](O)[C@@H](N)CC(C)C)C(=O)NCC(C)C. The van der Waals surface area contributed by atoms with E-state index in [4.69, 9.17) is 5.73 Å². The van der Waals surface area contributed by atoms with Crippen molar-refractivity contribution >= 4 is 5.91 Å². The summed E-state index contributed by atoms with van der Waals surface area (Å²) in [5, 5.41) is 12.9. The number of aliphatic hydroxyl groups excluding tert-OH is 1. The molecule has 0 saturated carbocycles. The molecule has 0 aliphatic carbocycles. The summed E-state index contributed by atoms with van der Waals surface area (Å²) in [7, 11) is 0. The van der Waals surface area contributed by atoms with Crippen LogP contribution in [0.3, 0.4) is 0 Å². The van der Waals surface area contributed by atoms with Crippen LogP contribution < -0.4 is 11.1 Å². The molecule has 0 aromatic carbocycles. The number of amides is 1. The molecule has 0 aliphatic heterocycles. The van der Waals surface area contributed by atoms with E-state index in [1.54, 1.807) is 6.08 Å². The first-order chi connectivity index (χ1) is 8.77. The van der Waals surface area contributed by atoms with Crippen molar-refractivity contribution < 1.29 is 9.90 Å². The lowest BCUT2D eigenvalue weighted by atomic mass is 9.98. The van der Waals surface area contributed by atoms with Crippen LogP contribution >= 0.6 is 0 Å². The van der Waals surface area contributed by atoms with Crippen LogP contribution in [0, 0.1) is 11.8 Å². The Balaban J connectivity index is 4.56. The van der Waals surface area contributed by atoms with Crippen molar-refractivity contribution in [1.82, 2.24) is 5.32 Å². The Kier molecular flexibility index (Phi) is 8.68. The summed E-state index contributed by atoms with van der Waals surface area (Å²) >= 11 is 0. The van der Waals surface area contributed by atoms with Gasteiger partial charge in [0.25, 0.3) is 0 Å². The van der Waals surface area contributed by atoms with E-state index < -0.39 is 6.10 Å². The molecule has 0 bridgehead atoms. The van der Waals surface area contributed by atoms with Gasteiger partial charge >= 0.3 is 0 Å². The molecule has 4 heteroatoms. The van der Waals surface area contributed by atoms with E-state index in [-0.39, 0.29) is 11.9 Å². The topological polar surface area (TPSA) is 75.3 Å². The van der Waals surface area contributed by atoms with Crippen LogP contribution in [0.4, 0.5) is 0 Å². The molecule has 4 nitrogen and oxygen atoms in total. The number of carbonyl (C=O) groups excluding carboxylic acids is 1. The highest BCUT2D eigenvalue weighted by Crippen LogP contribution is 2.10. The van der Waals surface area contributed by atoms with Crippen molar-refractivity contribution in [2.75, 3.05) is 6.54 Å². The van der Waals surface area contributed by atoms with E-state index in [0.717, 1.165) is 6.42 Å². The third kappa shape index (κ3) is 8.01. The monoisotopic (exact) mass is 270 g/mol. The van der Waals surface area contributed by atoms with Gasteiger partial charge in [-0.15, -0.1) is 0 Å². The van der Waals surface area contributed by atoms with Crippen molar-refractivity contribution in [1.29, 1.82) is 0 Å². The molecule has 112 valence electrons. The molecule has 4 N–H and O–H groups in total. The summed E-state index contributed by atoms with van der Waals surface area (Å²) in [5.74, 6) is 0.736. The van der Waals surface area contributed by atoms with E-state index in [0.29, 0.717) is 30.4 Å². The molecular weight excluding hydrogens is 240 g/mol. The van der Waals surface area contributed by atoms with Gasteiger partial charge in [0.2, 0.25) is 5.91 Å². The smallest absolute Gasteiger partial charge is 0.246 e. The lowest BCUT2D eigenvalue weighted by molar-refractivity contribution is -0.117. The molecule has 0 radical (unpaired) electrons. The highest BCUT2D eigenvalue weighted by molar-refractivity contribution is 5.93. The van der Waals surface area contributed by atoms with Gasteiger partial charge in [-0.1, -0.05) is 34.6 Å². The Labute approximate surface area is 117 Å². The Morgan fingerprint density at radius 3 is 2.26 bits per heavy atom. The Morgan fingerprint density at radius 2 is 1.84 bits per heavy atom. The Bertz CT molecular complexity index is 299. The first-order valence-electron chi connectivity index (χ1n) is 7.20. The summed E-state index contributed by atoms with van der Waals surface area (Å²) in [6.45, 7) is 10.8. The van der Waals surface area contributed by atoms with Crippen LogP contribution in [-0.2, 0) is 4.79 Å². The zero-order chi connectivity index (χ0) is 15.0. The predicted octanol–water partition coefficient (Wildman–Crippen LogP) is 1.83. The lowest BCUT2D eigenvalue weighted by Crippen LogP contribution is -2.36. The molecule has 0 spiro atoms. The predicted molar refractivity (Wildman–Crippen MR) is 79.7 cm³/mol. The fourth-order valence-corrected chi connectivity index (χ4v) is 1.78. The molecule has 0 heterocycles. The standard InChI is InChI=1S/C15H30N2O2/c1-6-12(15(19)17-9-11(4)5)8-14(18)13(16)7-10(2)3/h8,10-11,13-14,18H,6-7,9,16H2,1-5H3,(H,17,19)/t13-,14-/m0/s1. The third-order valence-corrected chi connectivity index (χ3v) is 2.90. The van der Waals surface area contributed by atoms with Gasteiger partial charge in [0.1, 0.15) is 0 Å². The van der Waals surface area contributed by atoms with E-state index >= 15 is 0 Å². The van der Waals surface area contributed by atoms with Crippen LogP contribution in [-0.4, -0.2) is 29.7 Å². The molecule has 0 rings (SSSR count). The average molecular weight is 270 g/mol. The summed E-state index contributed by atoms with van der Waals surface area (Å²) in [6, 6.07) is -0.320. The van der Waals surface area contributed by atoms with Crippen molar-refractivity contribution in [2.24, 2.45) is 17.6 Å². The number of rotatable bonds is 8. The maximum absolute atomic E-state index is 11.9. The van der Waals surface area contributed by atoms with Crippen LogP contribution in [0.15, 0.2) is 11.6 Å². The normalized spacial score (nSPS) is 15.7. The molecule has 0 unspecified atom stereocenters. The number of nitrogens with two attached hydrogens (primary N) is 1. The largest absolute Gasteiger partial charge is 0.387 e. The maximum atomic E-state index is 11.9. The highest BCUT2D eigenvalue weighted by atomic mass is 16.3. The number of hydrogen-bond donors (Lipinski definition) is 3. The average Bonchev–Trinajstić information content (AvgIpc) is 2.31. The summed E-state index contributed by atoms with van der Waals surface area (Å²) < 4.78 is 0. The van der Waals surface area contributed by atoms with E-state index in [9.17, 15) is 9.90 Å². The minimum Gasteiger partial charge on any atom is -0.387 e. The van der Waals surface area contributed by atoms with Gasteiger partial charge < -0.3 is 16.2 Å². The van der Waals surface area contributed by atoms with E-state index in [2.05, 4.69) is 19.2 Å². The van der Waals surface area contributed by atoms with Crippen molar-refractivity contribution in [3.8, 4) is 0 Å². The molecule has 1 amide bonds. The van der Waals surface area contributed by atoms with Gasteiger partial charge in [0, 0.05) is 18.2 Å². The lowest BCUT2D eigenvalue weighted by Gasteiger charge is -2.19. The van der Waals surface area contributed by atoms with Gasteiger partial charge in [-0.3, -0.25) is 4.79 Å². The second-order valence-electron chi connectivity index (χ2n) is 5.93. The number of nitrogens with one attached hydrogen (secondary N) is 1. The zero-order valence-corrected chi connectivity index (χ0v) is 12.9. The molecule has 0 aromatic rings. The number of aliphatic hydroxyl groups is 1.